The molecule has 1 amide bonds. The van der Waals surface area contributed by atoms with Gasteiger partial charge in [0.1, 0.15) is 17.5 Å². The Morgan fingerprint density at radius 3 is 2.87 bits per heavy atom. The second kappa shape index (κ2) is 10.3. The number of hydrogen-bond acceptors (Lipinski definition) is 6. The molecule has 0 saturated carbocycles. The molecule has 1 aliphatic heterocycles. The molecule has 3 aromatic rings. The van der Waals surface area contributed by atoms with Gasteiger partial charge in [0.15, 0.2) is 5.76 Å². The normalized spacial score (nSPS) is 18.3. The molecule has 0 bridgehead atoms. The molecule has 196 valence electrons. The third-order valence-corrected chi connectivity index (χ3v) is 7.54. The minimum Gasteiger partial charge on any atom is -0.490 e. The van der Waals surface area contributed by atoms with Gasteiger partial charge in [-0.1, -0.05) is 23.4 Å². The van der Waals surface area contributed by atoms with E-state index in [0.29, 0.717) is 49.4 Å². The van der Waals surface area contributed by atoms with Gasteiger partial charge < -0.3 is 19.3 Å². The molecule has 38 heavy (non-hydrogen) atoms. The van der Waals surface area contributed by atoms with Gasteiger partial charge in [0.25, 0.3) is 0 Å². The van der Waals surface area contributed by atoms with Gasteiger partial charge in [0.2, 0.25) is 5.91 Å². The maximum Gasteiger partial charge on any atom is 0.303 e. The molecule has 2 aliphatic rings. The zero-order chi connectivity index (χ0) is 26.9. The summed E-state index contributed by atoms with van der Waals surface area (Å²) in [4.78, 5) is 25.6. The number of carbonyl (C=O) groups is 2. The Morgan fingerprint density at radius 1 is 1.26 bits per heavy atom. The van der Waals surface area contributed by atoms with Crippen LogP contribution in [0.4, 0.5) is 0 Å². The molecule has 1 spiro atoms. The SMILES string of the molecule is CC(C)Oc1ccc(-c2cc(-c3cccc4c3CCC43CC(=O)N(CCCCC(=O)O)C3)no2)cc1C#N. The van der Waals surface area contributed by atoms with Crippen LogP contribution < -0.4 is 4.74 Å². The molecule has 1 N–H and O–H groups in total. The standard InChI is InChI=1S/C30H31N3O5/c1-19(2)37-26-10-9-20(14-21(26)17-31)27-15-25(32-38-27)23-6-5-7-24-22(23)11-12-30(24)16-28(34)33(18-30)13-4-3-8-29(35)36/h5-7,9-10,14-15,19H,3-4,8,11-13,16,18H2,1-2H3,(H,35,36). The van der Waals surface area contributed by atoms with Crippen molar-refractivity contribution in [2.75, 3.05) is 13.1 Å². The van der Waals surface area contributed by atoms with Crippen LogP contribution in [0.15, 0.2) is 47.0 Å². The Kier molecular flexibility index (Phi) is 6.94. The fourth-order valence-corrected chi connectivity index (χ4v) is 5.80. The highest BCUT2D eigenvalue weighted by Gasteiger charge is 2.48. The summed E-state index contributed by atoms with van der Waals surface area (Å²) in [6, 6.07) is 15.7. The number of carboxylic acids is 1. The van der Waals surface area contributed by atoms with E-state index in [2.05, 4.69) is 17.3 Å². The first kappa shape index (κ1) is 25.5. The van der Waals surface area contributed by atoms with E-state index >= 15 is 0 Å². The maximum absolute atomic E-state index is 12.9. The highest BCUT2D eigenvalue weighted by atomic mass is 16.5. The average Bonchev–Trinajstić information content (AvgIpc) is 3.60. The molecule has 1 atom stereocenters. The molecule has 1 saturated heterocycles. The first-order valence-electron chi connectivity index (χ1n) is 13.1. The number of carboxylic acid groups (broad SMARTS) is 1. The van der Waals surface area contributed by atoms with Crippen molar-refractivity contribution in [2.45, 2.75) is 63.9 Å². The van der Waals surface area contributed by atoms with Crippen molar-refractivity contribution in [3.8, 4) is 34.4 Å². The summed E-state index contributed by atoms with van der Waals surface area (Å²) in [6.07, 6.45) is 3.59. The number of nitriles is 1. The maximum atomic E-state index is 12.9. The molecule has 1 fully saturated rings. The number of carbonyl (C=O) groups excluding carboxylic acids is 1. The number of benzene rings is 2. The van der Waals surface area contributed by atoms with E-state index in [0.717, 1.165) is 29.7 Å². The molecule has 5 rings (SSSR count). The summed E-state index contributed by atoms with van der Waals surface area (Å²) in [6.45, 7) is 5.10. The van der Waals surface area contributed by atoms with Crippen molar-refractivity contribution in [3.05, 3.63) is 59.2 Å². The number of fused-ring (bicyclic) bond motifs is 2. The summed E-state index contributed by atoms with van der Waals surface area (Å²) >= 11 is 0. The fraction of sp³-hybridized carbons (Fsp3) is 0.400. The van der Waals surface area contributed by atoms with Crippen molar-refractivity contribution in [1.29, 1.82) is 5.26 Å². The molecular formula is C30H31N3O5. The molecule has 2 aromatic carbocycles. The first-order chi connectivity index (χ1) is 18.3. The number of aliphatic carboxylic acids is 1. The van der Waals surface area contributed by atoms with Crippen LogP contribution in [0.3, 0.4) is 0 Å². The largest absolute Gasteiger partial charge is 0.490 e. The topological polar surface area (TPSA) is 117 Å². The molecule has 0 radical (unpaired) electrons. The second-order valence-electron chi connectivity index (χ2n) is 10.5. The lowest BCUT2D eigenvalue weighted by Gasteiger charge is -2.25. The van der Waals surface area contributed by atoms with Crippen LogP contribution in [0.1, 0.15) is 62.6 Å². The first-order valence-corrected chi connectivity index (χ1v) is 13.1. The van der Waals surface area contributed by atoms with E-state index in [1.54, 1.807) is 12.1 Å². The van der Waals surface area contributed by atoms with E-state index in [-0.39, 0.29) is 23.8 Å². The van der Waals surface area contributed by atoms with E-state index < -0.39 is 5.97 Å². The molecule has 1 unspecified atom stereocenters. The number of nitrogens with zero attached hydrogens (tertiary/aromatic N) is 3. The number of hydrogen-bond donors (Lipinski definition) is 1. The van der Waals surface area contributed by atoms with Crippen LogP contribution >= 0.6 is 0 Å². The van der Waals surface area contributed by atoms with Crippen molar-refractivity contribution >= 4 is 11.9 Å². The lowest BCUT2D eigenvalue weighted by atomic mass is 9.80. The van der Waals surface area contributed by atoms with Gasteiger partial charge in [-0.3, -0.25) is 9.59 Å². The second-order valence-corrected chi connectivity index (χ2v) is 10.5. The third-order valence-electron chi connectivity index (χ3n) is 7.54. The van der Waals surface area contributed by atoms with Crippen molar-refractivity contribution in [3.63, 3.8) is 0 Å². The van der Waals surface area contributed by atoms with Crippen molar-refractivity contribution in [2.24, 2.45) is 0 Å². The van der Waals surface area contributed by atoms with Crippen LogP contribution in [-0.2, 0) is 21.4 Å². The summed E-state index contributed by atoms with van der Waals surface area (Å²) in [5.41, 5.74) is 5.10. The zero-order valence-electron chi connectivity index (χ0n) is 21.7. The summed E-state index contributed by atoms with van der Waals surface area (Å²) < 4.78 is 11.4. The van der Waals surface area contributed by atoms with Crippen LogP contribution in [-0.4, -0.2) is 46.2 Å². The smallest absolute Gasteiger partial charge is 0.303 e. The van der Waals surface area contributed by atoms with E-state index in [1.165, 1.54) is 11.1 Å². The summed E-state index contributed by atoms with van der Waals surface area (Å²) in [7, 11) is 0. The van der Waals surface area contributed by atoms with Gasteiger partial charge in [-0.25, -0.2) is 0 Å². The fourth-order valence-electron chi connectivity index (χ4n) is 5.80. The molecule has 1 aromatic heterocycles. The Labute approximate surface area is 221 Å². The third kappa shape index (κ3) is 4.89. The number of amides is 1. The molecule has 1 aliphatic carbocycles. The van der Waals surface area contributed by atoms with Crippen molar-refractivity contribution in [1.82, 2.24) is 10.1 Å². The van der Waals surface area contributed by atoms with Crippen molar-refractivity contribution < 1.29 is 24.0 Å². The summed E-state index contributed by atoms with van der Waals surface area (Å²) in [5.74, 6) is 0.450. The number of unbranched alkanes of at least 4 members (excludes halogenated alkanes) is 1. The predicted molar refractivity (Wildman–Crippen MR) is 141 cm³/mol. The number of aromatic nitrogens is 1. The van der Waals surface area contributed by atoms with Gasteiger partial charge in [-0.05, 0) is 68.9 Å². The Hall–Kier alpha value is -4.12. The lowest BCUT2D eigenvalue weighted by Crippen LogP contribution is -2.30. The Bertz CT molecular complexity index is 1420. The van der Waals surface area contributed by atoms with Gasteiger partial charge in [0.05, 0.1) is 11.7 Å². The highest BCUT2D eigenvalue weighted by Crippen LogP contribution is 2.48. The Morgan fingerprint density at radius 2 is 2.11 bits per heavy atom. The quantitative estimate of drug-likeness (QED) is 0.384. The van der Waals surface area contributed by atoms with E-state index in [9.17, 15) is 14.9 Å². The number of likely N-dealkylation sites (tertiary alicyclic amines) is 1. The number of rotatable bonds is 9. The molecule has 2 heterocycles. The van der Waals surface area contributed by atoms with Gasteiger partial charge in [0, 0.05) is 48.5 Å². The van der Waals surface area contributed by atoms with Crippen LogP contribution in [0, 0.1) is 11.3 Å². The minimum absolute atomic E-state index is 0.0347. The lowest BCUT2D eigenvalue weighted by molar-refractivity contribution is -0.137. The van der Waals surface area contributed by atoms with E-state index in [4.69, 9.17) is 14.4 Å². The monoisotopic (exact) mass is 513 g/mol. The molecule has 8 heteroatoms. The average molecular weight is 514 g/mol. The van der Waals surface area contributed by atoms with Gasteiger partial charge in [-0.2, -0.15) is 5.26 Å². The van der Waals surface area contributed by atoms with Gasteiger partial charge in [-0.15, -0.1) is 0 Å². The highest BCUT2D eigenvalue weighted by molar-refractivity contribution is 5.82. The zero-order valence-corrected chi connectivity index (χ0v) is 21.7. The van der Waals surface area contributed by atoms with Crippen LogP contribution in [0.25, 0.3) is 22.6 Å². The Balaban J connectivity index is 1.37. The number of ether oxygens (including phenoxy) is 1. The van der Waals surface area contributed by atoms with Gasteiger partial charge >= 0.3 is 5.97 Å². The van der Waals surface area contributed by atoms with Crippen LogP contribution in [0.2, 0.25) is 0 Å². The summed E-state index contributed by atoms with van der Waals surface area (Å²) in [5, 5.41) is 22.8. The molecular weight excluding hydrogens is 482 g/mol. The minimum atomic E-state index is -0.801. The predicted octanol–water partition coefficient (Wildman–Crippen LogP) is 5.34. The molecule has 8 nitrogen and oxygen atoms in total. The van der Waals surface area contributed by atoms with Crippen LogP contribution in [0.5, 0.6) is 5.75 Å². The van der Waals surface area contributed by atoms with E-state index in [1.807, 2.05) is 43.0 Å².